The highest BCUT2D eigenvalue weighted by Gasteiger charge is 2.04. The molecule has 0 fully saturated rings. The fourth-order valence-electron chi connectivity index (χ4n) is 0.676. The summed E-state index contributed by atoms with van der Waals surface area (Å²) in [6.07, 6.45) is 0. The number of carbonyl (C=O) groups is 1. The van der Waals surface area contributed by atoms with Crippen molar-refractivity contribution in [1.29, 1.82) is 0 Å². The second-order valence-electron chi connectivity index (χ2n) is 3.50. The van der Waals surface area contributed by atoms with Crippen molar-refractivity contribution in [3.05, 3.63) is 24.5 Å². The molecule has 1 amide bonds. The lowest BCUT2D eigenvalue weighted by Crippen LogP contribution is -2.30. The third-order valence-electron chi connectivity index (χ3n) is 1.68. The first kappa shape index (κ1) is 12.8. The van der Waals surface area contributed by atoms with Crippen molar-refractivity contribution in [2.45, 2.75) is 20.8 Å². The van der Waals surface area contributed by atoms with Gasteiger partial charge in [0.15, 0.2) is 0 Å². The number of hydrogen-bond donors (Lipinski definition) is 1. The summed E-state index contributed by atoms with van der Waals surface area (Å²) in [5, 5.41) is 2.74. The molecule has 0 bridgehead atoms. The molecule has 0 aliphatic heterocycles. The van der Waals surface area contributed by atoms with Crippen LogP contribution in [0.4, 0.5) is 0 Å². The molecule has 0 aromatic rings. The van der Waals surface area contributed by atoms with Crippen LogP contribution in [-0.2, 0) is 9.53 Å². The average Bonchev–Trinajstić information content (AvgIpc) is 2.11. The van der Waals surface area contributed by atoms with Gasteiger partial charge in [0.05, 0.1) is 6.54 Å². The molecule has 3 heteroatoms. The van der Waals surface area contributed by atoms with E-state index in [0.29, 0.717) is 18.9 Å². The molecule has 0 aliphatic carbocycles. The number of nitrogens with one attached hydrogen (secondary N) is 1. The fourth-order valence-corrected chi connectivity index (χ4v) is 0.676. The maximum atomic E-state index is 11.1. The third kappa shape index (κ3) is 5.41. The van der Waals surface area contributed by atoms with Crippen LogP contribution in [0.15, 0.2) is 24.5 Å². The third-order valence-corrected chi connectivity index (χ3v) is 1.68. The number of carbonyl (C=O) groups excluding carboxylic acids is 1. The van der Waals surface area contributed by atoms with Crippen LogP contribution in [0.1, 0.15) is 20.8 Å². The topological polar surface area (TPSA) is 38.3 Å². The zero-order chi connectivity index (χ0) is 11.1. The fraction of sp³-hybridized carbons (Fsp3) is 0.545. The van der Waals surface area contributed by atoms with Gasteiger partial charge in [0.25, 0.3) is 0 Å². The van der Waals surface area contributed by atoms with Gasteiger partial charge in [-0.25, -0.2) is 0 Å². The Labute approximate surface area is 85.8 Å². The number of allylic oxidation sites excluding steroid dienone is 1. The highest BCUT2D eigenvalue weighted by molar-refractivity contribution is 5.77. The van der Waals surface area contributed by atoms with Crippen molar-refractivity contribution in [3.8, 4) is 0 Å². The van der Waals surface area contributed by atoms with Crippen LogP contribution in [0.25, 0.3) is 0 Å². The lowest BCUT2D eigenvalue weighted by Gasteiger charge is -2.10. The predicted octanol–water partition coefficient (Wildman–Crippen LogP) is 1.86. The van der Waals surface area contributed by atoms with E-state index in [0.717, 1.165) is 5.57 Å². The first-order valence-corrected chi connectivity index (χ1v) is 4.70. The molecule has 0 heterocycles. The van der Waals surface area contributed by atoms with Gasteiger partial charge in [0.1, 0.15) is 12.4 Å². The molecule has 3 nitrogen and oxygen atoms in total. The zero-order valence-corrected chi connectivity index (χ0v) is 9.22. The molecule has 0 aromatic heterocycles. The standard InChI is InChI=1S/C11H19NO2/c1-8(2)10(5)14-7-6-12-11(13)9(3)4/h9H,1,5-7H2,2-4H3,(H,12,13). The van der Waals surface area contributed by atoms with Gasteiger partial charge in [-0.05, 0) is 12.5 Å². The van der Waals surface area contributed by atoms with Crippen molar-refractivity contribution < 1.29 is 9.53 Å². The molecular weight excluding hydrogens is 178 g/mol. The highest BCUT2D eigenvalue weighted by atomic mass is 16.5. The molecular formula is C11H19NO2. The van der Waals surface area contributed by atoms with Gasteiger partial charge in [-0.3, -0.25) is 4.79 Å². The van der Waals surface area contributed by atoms with E-state index in [9.17, 15) is 4.79 Å². The van der Waals surface area contributed by atoms with Crippen molar-refractivity contribution >= 4 is 5.91 Å². The second kappa shape index (κ2) is 6.24. The van der Waals surface area contributed by atoms with E-state index in [1.165, 1.54) is 0 Å². The number of hydrogen-bond acceptors (Lipinski definition) is 2. The smallest absolute Gasteiger partial charge is 0.222 e. The van der Waals surface area contributed by atoms with E-state index < -0.39 is 0 Å². The first-order valence-electron chi connectivity index (χ1n) is 4.70. The Kier molecular flexibility index (Phi) is 5.68. The van der Waals surface area contributed by atoms with Crippen molar-refractivity contribution in [3.63, 3.8) is 0 Å². The van der Waals surface area contributed by atoms with Gasteiger partial charge >= 0.3 is 0 Å². The molecule has 0 saturated heterocycles. The highest BCUT2D eigenvalue weighted by Crippen LogP contribution is 2.03. The van der Waals surface area contributed by atoms with Crippen LogP contribution in [0.3, 0.4) is 0 Å². The predicted molar refractivity (Wildman–Crippen MR) is 57.8 cm³/mol. The Bertz CT molecular complexity index is 231. The largest absolute Gasteiger partial charge is 0.492 e. The van der Waals surface area contributed by atoms with Gasteiger partial charge in [-0.1, -0.05) is 27.0 Å². The van der Waals surface area contributed by atoms with Crippen molar-refractivity contribution in [1.82, 2.24) is 5.32 Å². The number of amides is 1. The van der Waals surface area contributed by atoms with Crippen molar-refractivity contribution in [2.24, 2.45) is 5.92 Å². The monoisotopic (exact) mass is 197 g/mol. The van der Waals surface area contributed by atoms with E-state index in [4.69, 9.17) is 4.74 Å². The maximum Gasteiger partial charge on any atom is 0.222 e. The Hall–Kier alpha value is -1.25. The van der Waals surface area contributed by atoms with Gasteiger partial charge in [-0.2, -0.15) is 0 Å². The minimum Gasteiger partial charge on any atom is -0.492 e. The van der Waals surface area contributed by atoms with Gasteiger partial charge in [0, 0.05) is 5.92 Å². The van der Waals surface area contributed by atoms with E-state index in [2.05, 4.69) is 18.5 Å². The van der Waals surface area contributed by atoms with E-state index in [1.54, 1.807) is 0 Å². The molecule has 1 N–H and O–H groups in total. The lowest BCUT2D eigenvalue weighted by molar-refractivity contribution is -0.124. The molecule has 0 atom stereocenters. The van der Waals surface area contributed by atoms with Crippen LogP contribution >= 0.6 is 0 Å². The maximum absolute atomic E-state index is 11.1. The van der Waals surface area contributed by atoms with Crippen LogP contribution in [-0.4, -0.2) is 19.1 Å². The summed E-state index contributed by atoms with van der Waals surface area (Å²) in [7, 11) is 0. The summed E-state index contributed by atoms with van der Waals surface area (Å²) in [4.78, 5) is 11.1. The summed E-state index contributed by atoms with van der Waals surface area (Å²) in [5.41, 5.74) is 0.806. The number of rotatable bonds is 6. The van der Waals surface area contributed by atoms with E-state index in [1.807, 2.05) is 20.8 Å². The van der Waals surface area contributed by atoms with Gasteiger partial charge in [0.2, 0.25) is 5.91 Å². The SMILES string of the molecule is C=C(C)C(=C)OCCNC(=O)C(C)C. The van der Waals surface area contributed by atoms with E-state index in [-0.39, 0.29) is 11.8 Å². The average molecular weight is 197 g/mol. The molecule has 14 heavy (non-hydrogen) atoms. The molecule has 0 saturated carbocycles. The Morgan fingerprint density at radius 2 is 2.00 bits per heavy atom. The molecule has 0 aromatic carbocycles. The van der Waals surface area contributed by atoms with Crippen LogP contribution in [0.2, 0.25) is 0 Å². The first-order chi connectivity index (χ1) is 6.45. The summed E-state index contributed by atoms with van der Waals surface area (Å²) in [6, 6.07) is 0. The van der Waals surface area contributed by atoms with Crippen LogP contribution < -0.4 is 5.32 Å². The molecule has 0 radical (unpaired) electrons. The van der Waals surface area contributed by atoms with Crippen LogP contribution in [0, 0.1) is 5.92 Å². The lowest BCUT2D eigenvalue weighted by atomic mass is 10.2. The molecule has 0 aliphatic rings. The minimum atomic E-state index is 0.0133. The van der Waals surface area contributed by atoms with Crippen molar-refractivity contribution in [2.75, 3.05) is 13.2 Å². The zero-order valence-electron chi connectivity index (χ0n) is 9.22. The summed E-state index contributed by atoms with van der Waals surface area (Å²) in [5.74, 6) is 0.623. The Balaban J connectivity index is 3.52. The molecule has 0 rings (SSSR count). The van der Waals surface area contributed by atoms with Gasteiger partial charge < -0.3 is 10.1 Å². The van der Waals surface area contributed by atoms with Gasteiger partial charge in [-0.15, -0.1) is 0 Å². The van der Waals surface area contributed by atoms with Crippen LogP contribution in [0.5, 0.6) is 0 Å². The molecule has 0 unspecified atom stereocenters. The number of ether oxygens (including phenoxy) is 1. The quantitative estimate of drug-likeness (QED) is 0.401. The molecule has 0 spiro atoms. The summed E-state index contributed by atoms with van der Waals surface area (Å²) in [6.45, 7) is 13.8. The normalized spacial score (nSPS) is 9.71. The molecule has 80 valence electrons. The summed E-state index contributed by atoms with van der Waals surface area (Å²) >= 11 is 0. The Morgan fingerprint density at radius 1 is 1.43 bits per heavy atom. The summed E-state index contributed by atoms with van der Waals surface area (Å²) < 4.78 is 5.22. The second-order valence-corrected chi connectivity index (χ2v) is 3.50. The minimum absolute atomic E-state index is 0.0133. The Morgan fingerprint density at radius 3 is 2.43 bits per heavy atom. The van der Waals surface area contributed by atoms with E-state index >= 15 is 0 Å².